The Balaban J connectivity index is 1.71. The zero-order valence-corrected chi connectivity index (χ0v) is 14.2. The summed E-state index contributed by atoms with van der Waals surface area (Å²) < 4.78 is 39.4. The van der Waals surface area contributed by atoms with Crippen LogP contribution in [0.4, 0.5) is 0 Å². The second-order valence-corrected chi connectivity index (χ2v) is 7.85. The van der Waals surface area contributed by atoms with Crippen molar-refractivity contribution in [1.82, 2.24) is 18.6 Å². The first-order valence-electron chi connectivity index (χ1n) is 8.00. The van der Waals surface area contributed by atoms with E-state index in [-0.39, 0.29) is 11.5 Å². The minimum Gasteiger partial charge on any atom is -0.380 e. The third kappa shape index (κ3) is 4.19. The predicted octanol–water partition coefficient (Wildman–Crippen LogP) is -1.16. The molecule has 2 fully saturated rings. The van der Waals surface area contributed by atoms with Crippen LogP contribution in [0.5, 0.6) is 0 Å². The highest BCUT2D eigenvalue weighted by Gasteiger charge is 2.33. The van der Waals surface area contributed by atoms with E-state index in [1.165, 1.54) is 21.0 Å². The Morgan fingerprint density at radius 1 is 1.17 bits per heavy atom. The minimum absolute atomic E-state index is 0.0439. The number of ether oxygens (including phenoxy) is 2. The van der Waals surface area contributed by atoms with Crippen LogP contribution < -0.4 is 5.56 Å². The van der Waals surface area contributed by atoms with Crippen LogP contribution >= 0.6 is 0 Å². The molecule has 0 radical (unpaired) electrons. The van der Waals surface area contributed by atoms with Crippen molar-refractivity contribution in [3.8, 4) is 0 Å². The molecule has 3 rings (SSSR count). The topological polar surface area (TPSA) is 105 Å². The summed E-state index contributed by atoms with van der Waals surface area (Å²) in [6.45, 7) is 3.09. The van der Waals surface area contributed by atoms with Gasteiger partial charge in [0.15, 0.2) is 0 Å². The third-order valence-electron chi connectivity index (χ3n) is 4.16. The van der Waals surface area contributed by atoms with Crippen molar-refractivity contribution in [1.29, 1.82) is 0 Å². The van der Waals surface area contributed by atoms with Gasteiger partial charge in [-0.1, -0.05) is 0 Å². The molecule has 1 aromatic heterocycles. The number of hydrogen-bond donors (Lipinski definition) is 1. The van der Waals surface area contributed by atoms with E-state index in [4.69, 9.17) is 9.47 Å². The largest absolute Gasteiger partial charge is 0.380 e. The summed E-state index contributed by atoms with van der Waals surface area (Å²) in [4.78, 5) is 18.0. The molecular formula is C14H22N4O5S. The normalized spacial score (nSPS) is 24.6. The molecule has 9 nitrogen and oxygen atoms in total. The Kier molecular flexibility index (Phi) is 5.61. The van der Waals surface area contributed by atoms with E-state index < -0.39 is 10.2 Å². The molecular weight excluding hydrogens is 336 g/mol. The molecule has 2 saturated heterocycles. The molecule has 0 amide bonds. The van der Waals surface area contributed by atoms with E-state index in [1.807, 2.05) is 0 Å². The summed E-state index contributed by atoms with van der Waals surface area (Å²) in [5, 5.41) is 0. The first kappa shape index (κ1) is 17.5. The molecule has 0 bridgehead atoms. The number of aromatic amines is 1. The summed E-state index contributed by atoms with van der Waals surface area (Å²) in [5.74, 6) is -0.0439. The minimum atomic E-state index is -3.52. The maximum atomic E-state index is 12.8. The lowest BCUT2D eigenvalue weighted by molar-refractivity contribution is 0.0699. The van der Waals surface area contributed by atoms with E-state index >= 15 is 0 Å². The van der Waals surface area contributed by atoms with Crippen molar-refractivity contribution in [3.63, 3.8) is 0 Å². The average Bonchev–Trinajstić information content (AvgIpc) is 2.82. The molecule has 1 atom stereocenters. The number of H-pyrrole nitrogens is 1. The smallest absolute Gasteiger partial charge is 0.282 e. The van der Waals surface area contributed by atoms with Crippen LogP contribution in [-0.4, -0.2) is 79.6 Å². The van der Waals surface area contributed by atoms with Gasteiger partial charge in [-0.05, 0) is 6.42 Å². The van der Waals surface area contributed by atoms with Crippen molar-refractivity contribution < 1.29 is 17.9 Å². The van der Waals surface area contributed by atoms with Gasteiger partial charge in [0.1, 0.15) is 0 Å². The summed E-state index contributed by atoms with van der Waals surface area (Å²) in [6.07, 6.45) is 1.86. The fraction of sp³-hybridized carbons (Fsp3) is 0.714. The lowest BCUT2D eigenvalue weighted by Gasteiger charge is -2.32. The Morgan fingerprint density at radius 3 is 2.62 bits per heavy atom. The van der Waals surface area contributed by atoms with E-state index in [2.05, 4.69) is 9.97 Å². The molecule has 1 unspecified atom stereocenters. The van der Waals surface area contributed by atoms with Crippen LogP contribution in [0.2, 0.25) is 0 Å². The quantitative estimate of drug-likeness (QED) is 0.728. The Labute approximate surface area is 140 Å². The molecule has 10 heteroatoms. The zero-order valence-electron chi connectivity index (χ0n) is 13.4. The van der Waals surface area contributed by atoms with Crippen molar-refractivity contribution in [2.45, 2.75) is 6.42 Å². The fourth-order valence-electron chi connectivity index (χ4n) is 2.94. The van der Waals surface area contributed by atoms with Gasteiger partial charge in [-0.15, -0.1) is 0 Å². The number of morpholine rings is 1. The van der Waals surface area contributed by atoms with Crippen LogP contribution in [0.15, 0.2) is 17.2 Å². The molecule has 134 valence electrons. The van der Waals surface area contributed by atoms with Crippen molar-refractivity contribution in [2.75, 3.05) is 52.6 Å². The lowest BCUT2D eigenvalue weighted by Crippen LogP contribution is -2.50. The molecule has 24 heavy (non-hydrogen) atoms. The van der Waals surface area contributed by atoms with Gasteiger partial charge in [0.2, 0.25) is 0 Å². The van der Waals surface area contributed by atoms with Crippen molar-refractivity contribution >= 4 is 10.2 Å². The monoisotopic (exact) mass is 358 g/mol. The average molecular weight is 358 g/mol. The summed E-state index contributed by atoms with van der Waals surface area (Å²) in [5.41, 5.74) is 0.422. The van der Waals surface area contributed by atoms with E-state index in [1.54, 1.807) is 0 Å². The van der Waals surface area contributed by atoms with Gasteiger partial charge < -0.3 is 14.5 Å². The maximum Gasteiger partial charge on any atom is 0.282 e. The summed E-state index contributed by atoms with van der Waals surface area (Å²) in [6, 6.07) is 1.44. The van der Waals surface area contributed by atoms with Crippen molar-refractivity contribution in [3.05, 3.63) is 28.4 Å². The van der Waals surface area contributed by atoms with E-state index in [9.17, 15) is 13.2 Å². The maximum absolute atomic E-state index is 12.8. The number of rotatable bonds is 4. The van der Waals surface area contributed by atoms with Gasteiger partial charge in [-0.3, -0.25) is 4.79 Å². The van der Waals surface area contributed by atoms with Gasteiger partial charge in [-0.2, -0.15) is 17.0 Å². The lowest BCUT2D eigenvalue weighted by atomic mass is 10.0. The molecule has 2 aliphatic heterocycles. The highest BCUT2D eigenvalue weighted by molar-refractivity contribution is 7.86. The molecule has 0 spiro atoms. The molecule has 0 saturated carbocycles. The van der Waals surface area contributed by atoms with Crippen LogP contribution in [0.1, 0.15) is 5.69 Å². The SMILES string of the molecule is O=c1cc(CC2COCCN(S(=O)(=O)N3CCOCC3)C2)nc[nH]1. The molecule has 1 aromatic rings. The summed E-state index contributed by atoms with van der Waals surface area (Å²) >= 11 is 0. The van der Waals surface area contributed by atoms with E-state index in [0.29, 0.717) is 64.7 Å². The van der Waals surface area contributed by atoms with Crippen LogP contribution in [0.3, 0.4) is 0 Å². The molecule has 0 aliphatic carbocycles. The van der Waals surface area contributed by atoms with Gasteiger partial charge in [0.25, 0.3) is 15.8 Å². The second-order valence-electron chi connectivity index (χ2n) is 5.92. The number of nitrogens with one attached hydrogen (secondary N) is 1. The summed E-state index contributed by atoms with van der Waals surface area (Å²) in [7, 11) is -3.52. The Morgan fingerprint density at radius 2 is 1.88 bits per heavy atom. The van der Waals surface area contributed by atoms with Gasteiger partial charge in [0, 0.05) is 43.9 Å². The third-order valence-corrected chi connectivity index (χ3v) is 6.16. The number of nitrogens with zero attached hydrogens (tertiary/aromatic N) is 3. The fourth-order valence-corrected chi connectivity index (χ4v) is 4.58. The number of aromatic nitrogens is 2. The predicted molar refractivity (Wildman–Crippen MR) is 85.8 cm³/mol. The van der Waals surface area contributed by atoms with Crippen LogP contribution in [0, 0.1) is 5.92 Å². The standard InChI is InChI=1S/C14H22N4O5S/c19-14-8-13(15-11-16-14)7-12-9-18(3-6-23-10-12)24(20,21)17-1-4-22-5-2-17/h8,11-12H,1-7,9-10H2,(H,15,16,19). The highest BCUT2D eigenvalue weighted by atomic mass is 32.2. The first-order valence-corrected chi connectivity index (χ1v) is 9.40. The van der Waals surface area contributed by atoms with Gasteiger partial charge >= 0.3 is 0 Å². The molecule has 1 N–H and O–H groups in total. The van der Waals surface area contributed by atoms with E-state index in [0.717, 1.165) is 0 Å². The van der Waals surface area contributed by atoms with Gasteiger partial charge in [0.05, 0.1) is 32.8 Å². The molecule has 3 heterocycles. The first-order chi connectivity index (χ1) is 11.6. The van der Waals surface area contributed by atoms with Crippen LogP contribution in [0.25, 0.3) is 0 Å². The number of hydrogen-bond acceptors (Lipinski definition) is 6. The molecule has 0 aromatic carbocycles. The molecule has 2 aliphatic rings. The van der Waals surface area contributed by atoms with Crippen molar-refractivity contribution in [2.24, 2.45) is 5.92 Å². The second kappa shape index (κ2) is 7.70. The Hall–Kier alpha value is -1.33. The highest BCUT2D eigenvalue weighted by Crippen LogP contribution is 2.18. The van der Waals surface area contributed by atoms with Gasteiger partial charge in [-0.25, -0.2) is 4.98 Å². The van der Waals surface area contributed by atoms with Crippen LogP contribution in [-0.2, 0) is 26.1 Å². The Bertz CT molecular complexity index is 701. The zero-order chi connectivity index (χ0) is 17.0.